The second kappa shape index (κ2) is 10.1. The Kier molecular flexibility index (Phi) is 7.25. The Morgan fingerprint density at radius 3 is 2.30 bits per heavy atom. The highest BCUT2D eigenvalue weighted by Gasteiger charge is 2.16. The summed E-state index contributed by atoms with van der Waals surface area (Å²) < 4.78 is 0. The average Bonchev–Trinajstić information content (AvgIpc) is 2.77. The van der Waals surface area contributed by atoms with Crippen LogP contribution in [0.1, 0.15) is 42.9 Å². The van der Waals surface area contributed by atoms with Crippen molar-refractivity contribution >= 4 is 34.8 Å². The number of aromatic nitrogens is 2. The predicted molar refractivity (Wildman–Crippen MR) is 123 cm³/mol. The van der Waals surface area contributed by atoms with E-state index in [9.17, 15) is 4.79 Å². The summed E-state index contributed by atoms with van der Waals surface area (Å²) in [4.78, 5) is 23.3. The van der Waals surface area contributed by atoms with E-state index in [-0.39, 0.29) is 22.7 Å². The molecule has 0 saturated heterocycles. The van der Waals surface area contributed by atoms with Crippen molar-refractivity contribution in [3.8, 4) is 0 Å². The van der Waals surface area contributed by atoms with Crippen molar-refractivity contribution in [2.24, 2.45) is 0 Å². The largest absolute Gasteiger partial charge is 0.379 e. The highest BCUT2D eigenvalue weighted by atomic mass is 35.5. The molecule has 1 heterocycles. The van der Waals surface area contributed by atoms with E-state index < -0.39 is 0 Å². The van der Waals surface area contributed by atoms with Gasteiger partial charge in [0.1, 0.15) is 0 Å². The number of hydrogen-bond donors (Lipinski definition) is 2. The first-order chi connectivity index (χ1) is 14.5. The lowest BCUT2D eigenvalue weighted by Gasteiger charge is -2.19. The molecule has 0 saturated carbocycles. The van der Waals surface area contributed by atoms with Crippen molar-refractivity contribution in [3.05, 3.63) is 77.1 Å². The van der Waals surface area contributed by atoms with E-state index in [1.54, 1.807) is 0 Å². The summed E-state index contributed by atoms with van der Waals surface area (Å²) in [7, 11) is 0. The molecule has 0 aliphatic carbocycles. The van der Waals surface area contributed by atoms with Crippen LogP contribution < -0.4 is 15.5 Å². The minimum Gasteiger partial charge on any atom is -0.379 e. The maximum Gasteiger partial charge on any atom is 0.276 e. The first kappa shape index (κ1) is 21.6. The average molecular weight is 424 g/mol. The van der Waals surface area contributed by atoms with E-state index in [1.165, 1.54) is 11.8 Å². The summed E-state index contributed by atoms with van der Waals surface area (Å²) in [5, 5.41) is 6.53. The normalized spacial score (nSPS) is 11.6. The summed E-state index contributed by atoms with van der Waals surface area (Å²) >= 11 is 6.17. The maximum atomic E-state index is 12.7. The minimum atomic E-state index is -0.367. The molecule has 0 fully saturated rings. The molecule has 7 heteroatoms. The van der Waals surface area contributed by atoms with Gasteiger partial charge in [-0.05, 0) is 50.6 Å². The number of anilines is 3. The number of carbonyl (C=O) groups is 1. The fraction of sp³-hybridized carbons (Fsp3) is 0.261. The van der Waals surface area contributed by atoms with Gasteiger partial charge in [-0.3, -0.25) is 4.79 Å². The second-order valence-electron chi connectivity index (χ2n) is 6.85. The van der Waals surface area contributed by atoms with Crippen molar-refractivity contribution in [2.75, 3.05) is 28.6 Å². The fourth-order valence-electron chi connectivity index (χ4n) is 3.09. The van der Waals surface area contributed by atoms with Crippen LogP contribution in [0.3, 0.4) is 0 Å². The van der Waals surface area contributed by atoms with Crippen LogP contribution in [0.2, 0.25) is 5.02 Å². The molecule has 1 aromatic heterocycles. The third-order valence-corrected chi connectivity index (χ3v) is 5.09. The van der Waals surface area contributed by atoms with E-state index in [0.29, 0.717) is 11.6 Å². The van der Waals surface area contributed by atoms with Crippen molar-refractivity contribution in [1.29, 1.82) is 0 Å². The molecule has 3 aromatic rings. The van der Waals surface area contributed by atoms with Crippen molar-refractivity contribution in [1.82, 2.24) is 9.97 Å². The lowest BCUT2D eigenvalue weighted by atomic mass is 10.1. The van der Waals surface area contributed by atoms with Crippen LogP contribution in [0, 0.1) is 0 Å². The smallest absolute Gasteiger partial charge is 0.276 e. The number of nitrogens with one attached hydrogen (secondary N) is 2. The van der Waals surface area contributed by atoms with Gasteiger partial charge in [0.25, 0.3) is 5.91 Å². The van der Waals surface area contributed by atoms with Gasteiger partial charge in [-0.15, -0.1) is 0 Å². The van der Waals surface area contributed by atoms with Crippen LogP contribution in [-0.2, 0) is 0 Å². The number of benzene rings is 2. The molecule has 0 radical (unpaired) electrons. The zero-order valence-corrected chi connectivity index (χ0v) is 18.1. The molecule has 2 aromatic carbocycles. The standard InChI is InChI=1S/C23H26ClN5O/c1-4-29(5-2)23-25-15-20(24)21(28-23)22(30)27-19-13-11-18(12-14-19)26-16(3)17-9-7-6-8-10-17/h6-16,26H,4-5H2,1-3H3,(H,27,30). The van der Waals surface area contributed by atoms with Crippen molar-refractivity contribution in [3.63, 3.8) is 0 Å². The van der Waals surface area contributed by atoms with Crippen LogP contribution >= 0.6 is 11.6 Å². The monoisotopic (exact) mass is 423 g/mol. The molecule has 3 rings (SSSR count). The first-order valence-corrected chi connectivity index (χ1v) is 10.4. The lowest BCUT2D eigenvalue weighted by Crippen LogP contribution is -2.25. The van der Waals surface area contributed by atoms with Crippen LogP contribution in [0.5, 0.6) is 0 Å². The maximum absolute atomic E-state index is 12.7. The van der Waals surface area contributed by atoms with Crippen LogP contribution in [0.4, 0.5) is 17.3 Å². The Morgan fingerprint density at radius 2 is 1.67 bits per heavy atom. The molecule has 0 aliphatic rings. The SMILES string of the molecule is CCN(CC)c1ncc(Cl)c(C(=O)Nc2ccc(NC(C)c3ccccc3)cc2)n1. The molecule has 0 aliphatic heterocycles. The Morgan fingerprint density at radius 1 is 1.03 bits per heavy atom. The van der Waals surface area contributed by atoms with Crippen LogP contribution in [0.25, 0.3) is 0 Å². The first-order valence-electron chi connectivity index (χ1n) is 10.0. The Balaban J connectivity index is 1.68. The molecule has 2 N–H and O–H groups in total. The molecular weight excluding hydrogens is 398 g/mol. The molecule has 30 heavy (non-hydrogen) atoms. The zero-order chi connectivity index (χ0) is 21.5. The number of rotatable bonds is 8. The molecule has 0 bridgehead atoms. The van der Waals surface area contributed by atoms with Crippen LogP contribution in [0.15, 0.2) is 60.8 Å². The number of carbonyl (C=O) groups excluding carboxylic acids is 1. The Bertz CT molecular complexity index is 975. The zero-order valence-electron chi connectivity index (χ0n) is 17.4. The van der Waals surface area contributed by atoms with E-state index in [4.69, 9.17) is 11.6 Å². The molecule has 1 atom stereocenters. The third-order valence-electron chi connectivity index (χ3n) is 4.82. The summed E-state index contributed by atoms with van der Waals surface area (Å²) in [5.74, 6) is 0.123. The van der Waals surface area contributed by atoms with E-state index in [2.05, 4.69) is 39.7 Å². The highest BCUT2D eigenvalue weighted by Crippen LogP contribution is 2.22. The van der Waals surface area contributed by atoms with Gasteiger partial charge in [0, 0.05) is 30.5 Å². The second-order valence-corrected chi connectivity index (χ2v) is 7.25. The molecule has 156 valence electrons. The molecule has 0 spiro atoms. The van der Waals surface area contributed by atoms with E-state index in [1.807, 2.05) is 61.2 Å². The quantitative estimate of drug-likeness (QED) is 0.507. The fourth-order valence-corrected chi connectivity index (χ4v) is 3.27. The van der Waals surface area contributed by atoms with Gasteiger partial charge >= 0.3 is 0 Å². The number of nitrogens with zero attached hydrogens (tertiary/aromatic N) is 3. The van der Waals surface area contributed by atoms with Crippen molar-refractivity contribution < 1.29 is 4.79 Å². The van der Waals surface area contributed by atoms with Crippen LogP contribution in [-0.4, -0.2) is 29.0 Å². The highest BCUT2D eigenvalue weighted by molar-refractivity contribution is 6.34. The Hall–Kier alpha value is -3.12. The summed E-state index contributed by atoms with van der Waals surface area (Å²) in [6.45, 7) is 7.62. The molecule has 1 unspecified atom stereocenters. The number of amides is 1. The molecule has 1 amide bonds. The third kappa shape index (κ3) is 5.27. The van der Waals surface area contributed by atoms with Gasteiger partial charge in [0.15, 0.2) is 5.69 Å². The Labute approximate surface area is 182 Å². The summed E-state index contributed by atoms with van der Waals surface area (Å²) in [6.07, 6.45) is 1.47. The van der Waals surface area contributed by atoms with Gasteiger partial charge in [-0.25, -0.2) is 9.97 Å². The number of hydrogen-bond acceptors (Lipinski definition) is 5. The summed E-state index contributed by atoms with van der Waals surface area (Å²) in [5.41, 5.74) is 3.00. The van der Waals surface area contributed by atoms with Gasteiger partial charge < -0.3 is 15.5 Å². The van der Waals surface area contributed by atoms with Crippen molar-refractivity contribution in [2.45, 2.75) is 26.8 Å². The number of halogens is 1. The molecular formula is C23H26ClN5O. The van der Waals surface area contributed by atoms with Gasteiger partial charge in [0.05, 0.1) is 11.2 Å². The van der Waals surface area contributed by atoms with Gasteiger partial charge in [0.2, 0.25) is 5.95 Å². The van der Waals surface area contributed by atoms with Gasteiger partial charge in [-0.1, -0.05) is 41.9 Å². The van der Waals surface area contributed by atoms with Gasteiger partial charge in [-0.2, -0.15) is 0 Å². The topological polar surface area (TPSA) is 70.2 Å². The predicted octanol–water partition coefficient (Wildman–Crippen LogP) is 5.40. The summed E-state index contributed by atoms with van der Waals surface area (Å²) in [6, 6.07) is 17.9. The molecule has 6 nitrogen and oxygen atoms in total. The minimum absolute atomic E-state index is 0.161. The lowest BCUT2D eigenvalue weighted by molar-refractivity contribution is 0.102. The van der Waals surface area contributed by atoms with E-state index >= 15 is 0 Å². The van der Waals surface area contributed by atoms with E-state index in [0.717, 1.165) is 18.8 Å².